The molecule has 2 aromatic rings. The Kier molecular flexibility index (Phi) is 3.22. The van der Waals surface area contributed by atoms with Gasteiger partial charge in [-0.3, -0.25) is 5.10 Å². The summed E-state index contributed by atoms with van der Waals surface area (Å²) in [7, 11) is 0. The minimum absolute atomic E-state index is 0.822. The van der Waals surface area contributed by atoms with Gasteiger partial charge in [0.1, 0.15) is 0 Å². The van der Waals surface area contributed by atoms with E-state index in [1.165, 1.54) is 0 Å². The maximum atomic E-state index is 4.08. The third-order valence-corrected chi connectivity index (χ3v) is 1.69. The number of hydrogen-bond acceptors (Lipinski definition) is 2. The third-order valence-electron chi connectivity index (χ3n) is 1.26. The zero-order chi connectivity index (χ0) is 8.97. The first-order valence-corrected chi connectivity index (χ1v) is 4.60. The Balaban J connectivity index is 0.000000336. The van der Waals surface area contributed by atoms with Crippen LogP contribution < -0.4 is 0 Å². The van der Waals surface area contributed by atoms with E-state index < -0.39 is 0 Å². The van der Waals surface area contributed by atoms with Crippen LogP contribution in [0.25, 0.3) is 11.0 Å². The predicted octanol–water partition coefficient (Wildman–Crippen LogP) is 2.75. The number of nitrogens with zero attached hydrogens (tertiary/aromatic N) is 2. The summed E-state index contributed by atoms with van der Waals surface area (Å²) in [5, 5.41) is 7.62. The summed E-state index contributed by atoms with van der Waals surface area (Å²) in [4.78, 5) is 4.08. The Morgan fingerprint density at radius 3 is 2.83 bits per heavy atom. The first kappa shape index (κ1) is 9.19. The van der Waals surface area contributed by atoms with Crippen molar-refractivity contribution >= 4 is 27.0 Å². The second kappa shape index (κ2) is 4.21. The summed E-state index contributed by atoms with van der Waals surface area (Å²) >= 11 is 3.31. The number of aromatic nitrogens is 3. The van der Waals surface area contributed by atoms with Crippen LogP contribution in [0.4, 0.5) is 0 Å². The van der Waals surface area contributed by atoms with Gasteiger partial charge in [0.25, 0.3) is 0 Å². The summed E-state index contributed by atoms with van der Waals surface area (Å²) in [6, 6.07) is 1.96. The van der Waals surface area contributed by atoms with Crippen molar-refractivity contribution in [3.63, 3.8) is 0 Å². The molecule has 2 rings (SSSR count). The fourth-order valence-corrected chi connectivity index (χ4v) is 1.16. The van der Waals surface area contributed by atoms with Crippen molar-refractivity contribution in [2.45, 2.75) is 13.8 Å². The van der Waals surface area contributed by atoms with E-state index in [4.69, 9.17) is 0 Å². The zero-order valence-corrected chi connectivity index (χ0v) is 8.59. The molecule has 2 aromatic heterocycles. The van der Waals surface area contributed by atoms with Gasteiger partial charge in [0.15, 0.2) is 5.65 Å². The number of hydrogen-bond donors (Lipinski definition) is 1. The van der Waals surface area contributed by atoms with Gasteiger partial charge in [-0.25, -0.2) is 4.98 Å². The molecule has 3 nitrogen and oxygen atoms in total. The van der Waals surface area contributed by atoms with Crippen molar-refractivity contribution in [2.24, 2.45) is 0 Å². The van der Waals surface area contributed by atoms with Crippen molar-refractivity contribution in [2.75, 3.05) is 0 Å². The molecular weight excluding hydrogens is 218 g/mol. The lowest BCUT2D eigenvalue weighted by Gasteiger charge is -1.86. The Hall–Kier alpha value is -0.900. The van der Waals surface area contributed by atoms with Crippen molar-refractivity contribution < 1.29 is 0 Å². The van der Waals surface area contributed by atoms with E-state index >= 15 is 0 Å². The van der Waals surface area contributed by atoms with E-state index in [2.05, 4.69) is 31.1 Å². The third kappa shape index (κ3) is 1.82. The van der Waals surface area contributed by atoms with E-state index in [0.717, 1.165) is 15.5 Å². The van der Waals surface area contributed by atoms with Gasteiger partial charge in [0.05, 0.1) is 6.20 Å². The first-order chi connectivity index (χ1) is 5.86. The topological polar surface area (TPSA) is 41.6 Å². The minimum atomic E-state index is 0.822. The van der Waals surface area contributed by atoms with Crippen molar-refractivity contribution in [1.29, 1.82) is 0 Å². The van der Waals surface area contributed by atoms with Crippen LogP contribution in [0.5, 0.6) is 0 Å². The van der Waals surface area contributed by atoms with Crippen LogP contribution in [0.2, 0.25) is 0 Å². The van der Waals surface area contributed by atoms with Gasteiger partial charge in [-0.05, 0) is 22.0 Å². The van der Waals surface area contributed by atoms with Crippen LogP contribution in [0.15, 0.2) is 22.9 Å². The Morgan fingerprint density at radius 2 is 2.08 bits per heavy atom. The van der Waals surface area contributed by atoms with Gasteiger partial charge in [-0.15, -0.1) is 0 Å². The van der Waals surface area contributed by atoms with E-state index in [9.17, 15) is 0 Å². The van der Waals surface area contributed by atoms with Crippen molar-refractivity contribution in [1.82, 2.24) is 15.2 Å². The monoisotopic (exact) mass is 227 g/mol. The number of H-pyrrole nitrogens is 1. The Bertz CT molecular complexity index is 356. The van der Waals surface area contributed by atoms with Crippen LogP contribution in [0.1, 0.15) is 13.8 Å². The summed E-state index contributed by atoms with van der Waals surface area (Å²) < 4.78 is 0.974. The number of nitrogens with one attached hydrogen (secondary N) is 1. The van der Waals surface area contributed by atoms with Gasteiger partial charge in [0, 0.05) is 16.1 Å². The number of pyridine rings is 1. The lowest BCUT2D eigenvalue weighted by Crippen LogP contribution is -1.74. The maximum Gasteiger partial charge on any atom is 0.155 e. The number of halogens is 1. The zero-order valence-electron chi connectivity index (χ0n) is 7.00. The molecule has 0 aromatic carbocycles. The fourth-order valence-electron chi connectivity index (χ4n) is 0.810. The molecule has 0 amide bonds. The average Bonchev–Trinajstić information content (AvgIpc) is 2.54. The average molecular weight is 228 g/mol. The highest BCUT2D eigenvalue weighted by Gasteiger charge is 1.94. The van der Waals surface area contributed by atoms with Gasteiger partial charge >= 0.3 is 0 Å². The molecule has 0 bridgehead atoms. The van der Waals surface area contributed by atoms with Crippen LogP contribution in [-0.2, 0) is 0 Å². The van der Waals surface area contributed by atoms with E-state index in [0.29, 0.717) is 0 Å². The molecule has 0 radical (unpaired) electrons. The highest BCUT2D eigenvalue weighted by Crippen LogP contribution is 2.13. The SMILES string of the molecule is Brc1cnc2[nH]ncc2c1.CC. The smallest absolute Gasteiger partial charge is 0.155 e. The maximum absolute atomic E-state index is 4.08. The molecule has 12 heavy (non-hydrogen) atoms. The minimum Gasteiger partial charge on any atom is -0.261 e. The van der Waals surface area contributed by atoms with Crippen LogP contribution >= 0.6 is 15.9 Å². The van der Waals surface area contributed by atoms with E-state index in [1.54, 1.807) is 12.4 Å². The quantitative estimate of drug-likeness (QED) is 0.753. The van der Waals surface area contributed by atoms with Crippen LogP contribution in [0, 0.1) is 0 Å². The molecule has 1 N–H and O–H groups in total. The van der Waals surface area contributed by atoms with Crippen LogP contribution in [0.3, 0.4) is 0 Å². The fraction of sp³-hybridized carbons (Fsp3) is 0.250. The Morgan fingerprint density at radius 1 is 1.33 bits per heavy atom. The predicted molar refractivity (Wildman–Crippen MR) is 52.9 cm³/mol. The highest BCUT2D eigenvalue weighted by molar-refractivity contribution is 9.10. The summed E-state index contributed by atoms with van der Waals surface area (Å²) in [5.74, 6) is 0. The molecule has 0 aliphatic carbocycles. The lowest BCUT2D eigenvalue weighted by molar-refractivity contribution is 1.10. The molecule has 0 fully saturated rings. The van der Waals surface area contributed by atoms with Gasteiger partial charge < -0.3 is 0 Å². The van der Waals surface area contributed by atoms with Gasteiger partial charge in [0.2, 0.25) is 0 Å². The first-order valence-electron chi connectivity index (χ1n) is 3.81. The highest BCUT2D eigenvalue weighted by atomic mass is 79.9. The molecule has 0 aliphatic rings. The molecule has 0 aliphatic heterocycles. The second-order valence-corrected chi connectivity index (χ2v) is 2.88. The number of fused-ring (bicyclic) bond motifs is 1. The molecule has 4 heteroatoms. The van der Waals surface area contributed by atoms with Crippen molar-refractivity contribution in [3.8, 4) is 0 Å². The molecule has 0 atom stereocenters. The Labute approximate surface area is 79.3 Å². The largest absolute Gasteiger partial charge is 0.261 e. The standard InChI is InChI=1S/C6H4BrN3.C2H6/c7-5-1-4-2-9-10-6(4)8-3-5;1-2/h1-3H,(H,8,9,10);1-2H3. The van der Waals surface area contributed by atoms with E-state index in [1.807, 2.05) is 19.9 Å². The van der Waals surface area contributed by atoms with Gasteiger partial charge in [-0.2, -0.15) is 5.10 Å². The second-order valence-electron chi connectivity index (χ2n) is 1.96. The molecule has 64 valence electrons. The molecule has 0 saturated heterocycles. The summed E-state index contributed by atoms with van der Waals surface area (Å²) in [6.07, 6.45) is 3.48. The molecule has 0 unspecified atom stereocenters. The van der Waals surface area contributed by atoms with Gasteiger partial charge in [-0.1, -0.05) is 13.8 Å². The molecule has 0 spiro atoms. The van der Waals surface area contributed by atoms with E-state index in [-0.39, 0.29) is 0 Å². The lowest BCUT2D eigenvalue weighted by atomic mass is 10.4. The molecular formula is C8H10BrN3. The summed E-state index contributed by atoms with van der Waals surface area (Å²) in [6.45, 7) is 4.00. The molecule has 2 heterocycles. The number of rotatable bonds is 0. The number of aromatic amines is 1. The van der Waals surface area contributed by atoms with Crippen molar-refractivity contribution in [3.05, 3.63) is 22.9 Å². The molecule has 0 saturated carbocycles. The summed E-state index contributed by atoms with van der Waals surface area (Å²) in [5.41, 5.74) is 0.822. The normalized spacial score (nSPS) is 9.25. The van der Waals surface area contributed by atoms with Crippen LogP contribution in [-0.4, -0.2) is 15.2 Å².